The van der Waals surface area contributed by atoms with E-state index in [0.717, 1.165) is 6.42 Å². The summed E-state index contributed by atoms with van der Waals surface area (Å²) in [7, 11) is 0. The number of hydrogen-bond donors (Lipinski definition) is 2. The number of aliphatic hydroxyl groups excluding tert-OH is 1. The van der Waals surface area contributed by atoms with Crippen molar-refractivity contribution in [1.82, 2.24) is 15.5 Å². The molecule has 120 valence electrons. The van der Waals surface area contributed by atoms with Crippen LogP contribution in [0.4, 0.5) is 0 Å². The predicted octanol–water partition coefficient (Wildman–Crippen LogP) is 1.40. The predicted molar refractivity (Wildman–Crippen MR) is 80.7 cm³/mol. The lowest BCUT2D eigenvalue weighted by atomic mass is 9.98. The van der Waals surface area contributed by atoms with E-state index in [2.05, 4.69) is 27.3 Å². The molecule has 1 amide bonds. The Morgan fingerprint density at radius 3 is 2.77 bits per heavy atom. The molecule has 0 unspecified atom stereocenters. The molecular weight excluding hydrogens is 282 g/mol. The first-order chi connectivity index (χ1) is 10.2. The van der Waals surface area contributed by atoms with E-state index >= 15 is 0 Å². The van der Waals surface area contributed by atoms with Crippen molar-refractivity contribution in [3.63, 3.8) is 0 Å². The van der Waals surface area contributed by atoms with E-state index in [1.807, 2.05) is 20.8 Å². The number of hydrogen-bond acceptors (Lipinski definition) is 5. The number of aromatic nitrogens is 2. The first-order valence-corrected chi connectivity index (χ1v) is 7.54. The average molecular weight is 305 g/mol. The van der Waals surface area contributed by atoms with E-state index in [0.29, 0.717) is 24.7 Å². The van der Waals surface area contributed by atoms with Crippen LogP contribution >= 0.6 is 0 Å². The van der Waals surface area contributed by atoms with Crippen molar-refractivity contribution in [3.8, 4) is 11.8 Å². The maximum Gasteiger partial charge on any atom is 0.295 e. The monoisotopic (exact) mass is 305 g/mol. The van der Waals surface area contributed by atoms with Crippen LogP contribution in [-0.2, 0) is 4.79 Å². The second-order valence-corrected chi connectivity index (χ2v) is 6.89. The standard InChI is InChI=1S/C16H23N3O3/c1-10-18-15(22-19-10)11-7-12(13(20)8-11)9-17-14(21)5-6-16(2,3)4/h11-13,20H,7-9H2,1-4H3,(H,17,21)/t11-,12+,13+/m0/s1. The molecule has 2 N–H and O–H groups in total. The number of aryl methyl sites for hydroxylation is 1. The van der Waals surface area contributed by atoms with Gasteiger partial charge in [0.1, 0.15) is 0 Å². The molecule has 6 heteroatoms. The maximum atomic E-state index is 11.7. The van der Waals surface area contributed by atoms with E-state index in [1.165, 1.54) is 0 Å². The first kappa shape index (κ1) is 16.5. The van der Waals surface area contributed by atoms with Crippen LogP contribution in [0.5, 0.6) is 0 Å². The van der Waals surface area contributed by atoms with Gasteiger partial charge >= 0.3 is 0 Å². The van der Waals surface area contributed by atoms with Gasteiger partial charge in [0, 0.05) is 23.8 Å². The molecule has 6 nitrogen and oxygen atoms in total. The minimum Gasteiger partial charge on any atom is -0.393 e. The smallest absolute Gasteiger partial charge is 0.295 e. The largest absolute Gasteiger partial charge is 0.393 e. The Labute approximate surface area is 130 Å². The Hall–Kier alpha value is -1.87. The molecular formula is C16H23N3O3. The van der Waals surface area contributed by atoms with Gasteiger partial charge < -0.3 is 14.9 Å². The molecule has 0 spiro atoms. The molecule has 3 atom stereocenters. The van der Waals surface area contributed by atoms with Crippen LogP contribution in [-0.4, -0.2) is 33.8 Å². The molecule has 0 aliphatic heterocycles. The van der Waals surface area contributed by atoms with Gasteiger partial charge in [-0.1, -0.05) is 11.1 Å². The molecule has 22 heavy (non-hydrogen) atoms. The lowest BCUT2D eigenvalue weighted by Gasteiger charge is -2.13. The van der Waals surface area contributed by atoms with Crippen LogP contribution in [0.3, 0.4) is 0 Å². The summed E-state index contributed by atoms with van der Waals surface area (Å²) in [5.41, 5.74) is -0.203. The van der Waals surface area contributed by atoms with Crippen molar-refractivity contribution < 1.29 is 14.4 Å². The molecule has 1 heterocycles. The summed E-state index contributed by atoms with van der Waals surface area (Å²) in [4.78, 5) is 15.9. The van der Waals surface area contributed by atoms with Crippen molar-refractivity contribution in [2.75, 3.05) is 6.54 Å². The molecule has 1 saturated carbocycles. The summed E-state index contributed by atoms with van der Waals surface area (Å²) in [5, 5.41) is 16.7. The number of carbonyl (C=O) groups is 1. The molecule has 1 fully saturated rings. The highest BCUT2D eigenvalue weighted by Crippen LogP contribution is 2.37. The molecule has 1 aliphatic carbocycles. The number of carbonyl (C=O) groups excluding carboxylic acids is 1. The summed E-state index contributed by atoms with van der Waals surface area (Å²) in [6.07, 6.45) is 0.819. The topological polar surface area (TPSA) is 88.2 Å². The number of amides is 1. The summed E-state index contributed by atoms with van der Waals surface area (Å²) in [5.74, 6) is 6.37. The molecule has 1 aromatic rings. The molecule has 1 aromatic heterocycles. The lowest BCUT2D eigenvalue weighted by Crippen LogP contribution is -2.31. The fourth-order valence-corrected chi connectivity index (χ4v) is 2.51. The zero-order chi connectivity index (χ0) is 16.3. The van der Waals surface area contributed by atoms with E-state index in [-0.39, 0.29) is 23.2 Å². The zero-order valence-electron chi connectivity index (χ0n) is 13.5. The van der Waals surface area contributed by atoms with Gasteiger partial charge in [-0.3, -0.25) is 4.79 Å². The van der Waals surface area contributed by atoms with E-state index in [9.17, 15) is 9.90 Å². The highest BCUT2D eigenvalue weighted by molar-refractivity contribution is 5.93. The number of aliphatic hydroxyl groups is 1. The fraction of sp³-hybridized carbons (Fsp3) is 0.688. The van der Waals surface area contributed by atoms with Crippen LogP contribution in [0, 0.1) is 30.1 Å². The van der Waals surface area contributed by atoms with E-state index in [1.54, 1.807) is 6.92 Å². The summed E-state index contributed by atoms with van der Waals surface area (Å²) < 4.78 is 5.16. The Balaban J connectivity index is 1.86. The first-order valence-electron chi connectivity index (χ1n) is 7.54. The molecule has 0 saturated heterocycles. The fourth-order valence-electron chi connectivity index (χ4n) is 2.51. The van der Waals surface area contributed by atoms with Crippen LogP contribution < -0.4 is 5.32 Å². The lowest BCUT2D eigenvalue weighted by molar-refractivity contribution is -0.116. The number of rotatable bonds is 3. The van der Waals surface area contributed by atoms with Crippen molar-refractivity contribution in [2.24, 2.45) is 11.3 Å². The molecule has 1 aliphatic rings. The SMILES string of the molecule is Cc1noc([C@H]2C[C@H](CNC(=O)C#CC(C)(C)C)[C@H](O)C2)n1. The Morgan fingerprint density at radius 1 is 1.45 bits per heavy atom. The third-order valence-corrected chi connectivity index (χ3v) is 3.63. The second kappa shape index (κ2) is 6.49. The van der Waals surface area contributed by atoms with Gasteiger partial charge in [-0.25, -0.2) is 0 Å². The van der Waals surface area contributed by atoms with Gasteiger partial charge in [0.15, 0.2) is 5.82 Å². The summed E-state index contributed by atoms with van der Waals surface area (Å²) in [6.45, 7) is 8.02. The highest BCUT2D eigenvalue weighted by Gasteiger charge is 2.36. The van der Waals surface area contributed by atoms with E-state index in [4.69, 9.17) is 4.52 Å². The van der Waals surface area contributed by atoms with Crippen LogP contribution in [0.15, 0.2) is 4.52 Å². The van der Waals surface area contributed by atoms with Gasteiger partial charge in [-0.05, 0) is 46.5 Å². The van der Waals surface area contributed by atoms with Gasteiger partial charge in [-0.2, -0.15) is 4.98 Å². The second-order valence-electron chi connectivity index (χ2n) is 6.89. The van der Waals surface area contributed by atoms with Crippen molar-refractivity contribution in [3.05, 3.63) is 11.7 Å². The Bertz CT molecular complexity index is 592. The Morgan fingerprint density at radius 2 is 2.18 bits per heavy atom. The van der Waals surface area contributed by atoms with Gasteiger partial charge in [-0.15, -0.1) is 0 Å². The molecule has 2 rings (SSSR count). The summed E-state index contributed by atoms with van der Waals surface area (Å²) in [6, 6.07) is 0. The van der Waals surface area contributed by atoms with Gasteiger partial charge in [0.25, 0.3) is 5.91 Å². The molecule has 0 bridgehead atoms. The van der Waals surface area contributed by atoms with Crippen LogP contribution in [0.2, 0.25) is 0 Å². The third kappa shape index (κ3) is 4.57. The van der Waals surface area contributed by atoms with Crippen molar-refractivity contribution >= 4 is 5.91 Å². The van der Waals surface area contributed by atoms with Crippen molar-refractivity contribution in [1.29, 1.82) is 0 Å². The maximum absolute atomic E-state index is 11.7. The zero-order valence-corrected chi connectivity index (χ0v) is 13.5. The van der Waals surface area contributed by atoms with Gasteiger partial charge in [0.05, 0.1) is 6.10 Å². The third-order valence-electron chi connectivity index (χ3n) is 3.63. The minimum absolute atomic E-state index is 0.0161. The number of nitrogens with zero attached hydrogens (tertiary/aromatic N) is 2. The highest BCUT2D eigenvalue weighted by atomic mass is 16.5. The van der Waals surface area contributed by atoms with Crippen LogP contribution in [0.1, 0.15) is 51.2 Å². The summed E-state index contributed by atoms with van der Waals surface area (Å²) >= 11 is 0. The van der Waals surface area contributed by atoms with E-state index < -0.39 is 6.10 Å². The molecule has 0 aromatic carbocycles. The average Bonchev–Trinajstić information content (AvgIpc) is 2.99. The number of nitrogens with one attached hydrogen (secondary N) is 1. The quantitative estimate of drug-likeness (QED) is 0.824. The van der Waals surface area contributed by atoms with Crippen LogP contribution in [0.25, 0.3) is 0 Å². The Kier molecular flexibility index (Phi) is 4.87. The molecule has 0 radical (unpaired) electrons. The minimum atomic E-state index is -0.479. The van der Waals surface area contributed by atoms with Gasteiger partial charge in [0.2, 0.25) is 5.89 Å². The normalized spacial score (nSPS) is 24.7. The van der Waals surface area contributed by atoms with Crippen molar-refractivity contribution in [2.45, 2.75) is 52.6 Å².